The largest absolute Gasteiger partial charge is 0.497 e. The van der Waals surface area contributed by atoms with Crippen LogP contribution in [-0.4, -0.2) is 24.3 Å². The summed E-state index contributed by atoms with van der Waals surface area (Å²) in [4.78, 5) is 0. The van der Waals surface area contributed by atoms with E-state index in [-0.39, 0.29) is 6.04 Å². The average Bonchev–Trinajstić information content (AvgIpc) is 2.61. The van der Waals surface area contributed by atoms with E-state index in [4.69, 9.17) is 4.74 Å². The summed E-state index contributed by atoms with van der Waals surface area (Å²) in [6, 6.07) is -0.178. The molecular formula is C22H36FNO. The number of rotatable bonds is 15. The van der Waals surface area contributed by atoms with Crippen LogP contribution >= 0.6 is 0 Å². The Balaban J connectivity index is 3.96. The Kier molecular flexibility index (Phi) is 16.4. The predicted molar refractivity (Wildman–Crippen MR) is 105 cm³/mol. The van der Waals surface area contributed by atoms with Crippen molar-refractivity contribution < 1.29 is 9.22 Å². The topological polar surface area (TPSA) is 12.5 Å². The summed E-state index contributed by atoms with van der Waals surface area (Å²) in [6.07, 6.45) is 9.46. The van der Waals surface area contributed by atoms with E-state index in [9.17, 15) is 4.48 Å². The van der Waals surface area contributed by atoms with Crippen LogP contribution in [0, 0.1) is 23.7 Å². The summed E-state index contributed by atoms with van der Waals surface area (Å²) >= 11 is 0. The van der Waals surface area contributed by atoms with Gasteiger partial charge in [-0.05, 0) is 39.5 Å². The minimum atomic E-state index is -0.178. The second kappa shape index (κ2) is 17.4. The molecule has 0 bridgehead atoms. The van der Waals surface area contributed by atoms with E-state index in [1.165, 1.54) is 0 Å². The molecule has 0 saturated carbocycles. The van der Waals surface area contributed by atoms with Gasteiger partial charge in [-0.3, -0.25) is 0 Å². The SMILES string of the molecule is C=C(CCCC#CC)OCC(CCC)N(F)CCCCCCC#CC. The number of allylic oxidation sites excluding steroid dienone is 1. The van der Waals surface area contributed by atoms with Gasteiger partial charge in [0.15, 0.2) is 0 Å². The molecule has 0 aliphatic heterocycles. The summed E-state index contributed by atoms with van der Waals surface area (Å²) in [5, 5.41) is 0.963. The van der Waals surface area contributed by atoms with Crippen molar-refractivity contribution in [1.82, 2.24) is 5.12 Å². The molecule has 1 atom stereocenters. The number of hydrogen-bond donors (Lipinski definition) is 0. The molecule has 0 aromatic carbocycles. The van der Waals surface area contributed by atoms with E-state index in [2.05, 4.69) is 37.2 Å². The van der Waals surface area contributed by atoms with Crippen molar-refractivity contribution in [3.8, 4) is 23.7 Å². The van der Waals surface area contributed by atoms with Crippen LogP contribution in [0.2, 0.25) is 0 Å². The van der Waals surface area contributed by atoms with Crippen LogP contribution < -0.4 is 0 Å². The second-order valence-electron chi connectivity index (χ2n) is 6.29. The van der Waals surface area contributed by atoms with Crippen molar-refractivity contribution >= 4 is 0 Å². The monoisotopic (exact) mass is 349 g/mol. The third kappa shape index (κ3) is 14.6. The smallest absolute Gasteiger partial charge is 0.106 e. The first-order chi connectivity index (χ1) is 12.2. The lowest BCUT2D eigenvalue weighted by Gasteiger charge is -2.24. The highest BCUT2D eigenvalue weighted by Gasteiger charge is 2.18. The Hall–Kier alpha value is -1.45. The summed E-state index contributed by atoms with van der Waals surface area (Å²) < 4.78 is 20.1. The van der Waals surface area contributed by atoms with Crippen LogP contribution in [0.25, 0.3) is 0 Å². The molecule has 0 rings (SSSR count). The van der Waals surface area contributed by atoms with Crippen molar-refractivity contribution in [2.24, 2.45) is 0 Å². The zero-order valence-corrected chi connectivity index (χ0v) is 16.5. The third-order valence-corrected chi connectivity index (χ3v) is 4.03. The van der Waals surface area contributed by atoms with Crippen LogP contribution in [0.1, 0.15) is 85.0 Å². The minimum absolute atomic E-state index is 0.178. The predicted octanol–water partition coefficient (Wildman–Crippen LogP) is 6.04. The molecule has 0 aliphatic rings. The van der Waals surface area contributed by atoms with Gasteiger partial charge >= 0.3 is 0 Å². The molecule has 0 aromatic heterocycles. The molecule has 0 amide bonds. The van der Waals surface area contributed by atoms with E-state index in [0.717, 1.165) is 75.1 Å². The van der Waals surface area contributed by atoms with Gasteiger partial charge in [0, 0.05) is 25.8 Å². The molecule has 0 aliphatic carbocycles. The second-order valence-corrected chi connectivity index (χ2v) is 6.29. The van der Waals surface area contributed by atoms with Gasteiger partial charge in [0.2, 0.25) is 0 Å². The summed E-state index contributed by atoms with van der Waals surface area (Å²) in [7, 11) is 0. The van der Waals surface area contributed by atoms with E-state index < -0.39 is 0 Å². The highest BCUT2D eigenvalue weighted by molar-refractivity contribution is 4.96. The van der Waals surface area contributed by atoms with Gasteiger partial charge in [-0.1, -0.05) is 32.8 Å². The molecule has 3 heteroatoms. The molecule has 0 radical (unpaired) electrons. The molecule has 0 heterocycles. The van der Waals surface area contributed by atoms with Gasteiger partial charge in [0.25, 0.3) is 0 Å². The van der Waals surface area contributed by atoms with Crippen LogP contribution in [0.4, 0.5) is 4.48 Å². The number of ether oxygens (including phenoxy) is 1. The fraction of sp³-hybridized carbons (Fsp3) is 0.727. The van der Waals surface area contributed by atoms with Crippen LogP contribution in [0.5, 0.6) is 0 Å². The number of halogens is 1. The molecule has 0 N–H and O–H groups in total. The Labute approximate surface area is 155 Å². The lowest BCUT2D eigenvalue weighted by Crippen LogP contribution is -2.33. The first-order valence-corrected chi connectivity index (χ1v) is 9.67. The number of unbranched alkanes of at least 4 members (excludes halogenated alkanes) is 5. The van der Waals surface area contributed by atoms with Crippen molar-refractivity contribution in [2.75, 3.05) is 13.2 Å². The van der Waals surface area contributed by atoms with E-state index in [1.807, 2.05) is 13.8 Å². The van der Waals surface area contributed by atoms with Crippen molar-refractivity contribution in [3.63, 3.8) is 0 Å². The molecule has 0 aromatic rings. The summed E-state index contributed by atoms with van der Waals surface area (Å²) in [6.45, 7) is 10.6. The van der Waals surface area contributed by atoms with E-state index in [0.29, 0.717) is 13.2 Å². The first kappa shape index (κ1) is 23.5. The van der Waals surface area contributed by atoms with Gasteiger partial charge in [0.1, 0.15) is 6.61 Å². The number of nitrogens with zero attached hydrogens (tertiary/aromatic N) is 1. The van der Waals surface area contributed by atoms with Gasteiger partial charge < -0.3 is 4.74 Å². The molecular weight excluding hydrogens is 313 g/mol. The van der Waals surface area contributed by atoms with Gasteiger partial charge in [-0.2, -0.15) is 0 Å². The lowest BCUT2D eigenvalue weighted by atomic mass is 10.1. The Morgan fingerprint density at radius 1 is 1.04 bits per heavy atom. The normalized spacial score (nSPS) is 11.2. The Morgan fingerprint density at radius 2 is 1.68 bits per heavy atom. The standard InChI is InChI=1S/C22H36FNO/c1-5-8-10-12-13-14-16-19-24(23)22(17-7-3)20-25-21(4)18-15-11-9-6-2/h22H,4,7,10-20H2,1-3H3. The zero-order chi connectivity index (χ0) is 18.8. The highest BCUT2D eigenvalue weighted by atomic mass is 19.2. The molecule has 25 heavy (non-hydrogen) atoms. The maximum absolute atomic E-state index is 14.4. The number of hydrogen-bond acceptors (Lipinski definition) is 2. The maximum atomic E-state index is 14.4. The van der Waals surface area contributed by atoms with Gasteiger partial charge in [-0.15, -0.1) is 33.3 Å². The fourth-order valence-electron chi connectivity index (χ4n) is 2.56. The van der Waals surface area contributed by atoms with Gasteiger partial charge in [0.05, 0.1) is 11.8 Å². The Bertz CT molecular complexity index is 452. The van der Waals surface area contributed by atoms with Crippen molar-refractivity contribution in [1.29, 1.82) is 0 Å². The maximum Gasteiger partial charge on any atom is 0.106 e. The average molecular weight is 350 g/mol. The van der Waals surface area contributed by atoms with Crippen LogP contribution in [0.15, 0.2) is 12.3 Å². The molecule has 0 spiro atoms. The quantitative estimate of drug-likeness (QED) is 0.155. The summed E-state index contributed by atoms with van der Waals surface area (Å²) in [5.74, 6) is 12.6. The molecule has 0 fully saturated rings. The van der Waals surface area contributed by atoms with Gasteiger partial charge in [-0.25, -0.2) is 0 Å². The lowest BCUT2D eigenvalue weighted by molar-refractivity contribution is -0.0523. The van der Waals surface area contributed by atoms with Crippen molar-refractivity contribution in [2.45, 2.75) is 91.0 Å². The summed E-state index contributed by atoms with van der Waals surface area (Å²) in [5.41, 5.74) is 0. The molecule has 0 saturated heterocycles. The minimum Gasteiger partial charge on any atom is -0.497 e. The highest BCUT2D eigenvalue weighted by Crippen LogP contribution is 2.14. The van der Waals surface area contributed by atoms with Crippen molar-refractivity contribution in [3.05, 3.63) is 12.3 Å². The zero-order valence-electron chi connectivity index (χ0n) is 16.5. The van der Waals surface area contributed by atoms with Crippen LogP contribution in [0.3, 0.4) is 0 Å². The first-order valence-electron chi connectivity index (χ1n) is 9.67. The fourth-order valence-corrected chi connectivity index (χ4v) is 2.56. The van der Waals surface area contributed by atoms with Crippen LogP contribution in [-0.2, 0) is 4.74 Å². The molecule has 2 nitrogen and oxygen atoms in total. The molecule has 142 valence electrons. The Morgan fingerprint density at radius 3 is 2.32 bits per heavy atom. The van der Waals surface area contributed by atoms with E-state index in [1.54, 1.807) is 0 Å². The van der Waals surface area contributed by atoms with E-state index >= 15 is 0 Å². The third-order valence-electron chi connectivity index (χ3n) is 4.03. The molecule has 1 unspecified atom stereocenters.